The fourth-order valence-corrected chi connectivity index (χ4v) is 2.17. The maximum atomic E-state index is 11.7. The van der Waals surface area contributed by atoms with Crippen molar-refractivity contribution in [1.29, 1.82) is 0 Å². The number of nitrogens with one attached hydrogen (secondary N) is 1. The number of hydrogen-bond donors (Lipinski definition) is 1. The van der Waals surface area contributed by atoms with E-state index >= 15 is 0 Å². The summed E-state index contributed by atoms with van der Waals surface area (Å²) >= 11 is 3.39. The number of halogens is 1. The second-order valence-electron chi connectivity index (χ2n) is 4.37. The molecule has 0 fully saturated rings. The Balaban J connectivity index is 1.76. The van der Waals surface area contributed by atoms with E-state index in [1.807, 2.05) is 24.3 Å². The molecule has 0 radical (unpaired) electrons. The SMILES string of the molecule is COc1ccc(OCC(=O)NCc2cccc(Br)c2)cc1. The highest BCUT2D eigenvalue weighted by Crippen LogP contribution is 2.16. The van der Waals surface area contributed by atoms with Crippen LogP contribution in [0, 0.1) is 0 Å². The molecule has 0 aliphatic carbocycles. The summed E-state index contributed by atoms with van der Waals surface area (Å²) in [4.78, 5) is 11.7. The summed E-state index contributed by atoms with van der Waals surface area (Å²) in [7, 11) is 1.60. The molecule has 0 aromatic heterocycles. The number of ether oxygens (including phenoxy) is 2. The van der Waals surface area contributed by atoms with Crippen molar-refractivity contribution in [1.82, 2.24) is 5.32 Å². The third-order valence-electron chi connectivity index (χ3n) is 2.81. The zero-order chi connectivity index (χ0) is 15.1. The molecule has 0 saturated heterocycles. The van der Waals surface area contributed by atoms with Gasteiger partial charge in [-0.3, -0.25) is 4.79 Å². The van der Waals surface area contributed by atoms with Gasteiger partial charge in [-0.15, -0.1) is 0 Å². The second kappa shape index (κ2) is 7.69. The average Bonchev–Trinajstić information content (AvgIpc) is 2.51. The number of carbonyl (C=O) groups is 1. The zero-order valence-corrected chi connectivity index (χ0v) is 13.2. The number of rotatable bonds is 6. The van der Waals surface area contributed by atoms with Crippen molar-refractivity contribution >= 4 is 21.8 Å². The van der Waals surface area contributed by atoms with Gasteiger partial charge in [0.2, 0.25) is 0 Å². The van der Waals surface area contributed by atoms with Crippen molar-refractivity contribution in [2.45, 2.75) is 6.54 Å². The van der Waals surface area contributed by atoms with E-state index in [9.17, 15) is 4.79 Å². The van der Waals surface area contributed by atoms with E-state index in [4.69, 9.17) is 9.47 Å². The van der Waals surface area contributed by atoms with Crippen LogP contribution in [0.2, 0.25) is 0 Å². The van der Waals surface area contributed by atoms with Crippen LogP contribution in [0.3, 0.4) is 0 Å². The topological polar surface area (TPSA) is 47.6 Å². The third kappa shape index (κ3) is 5.11. The van der Waals surface area contributed by atoms with Crippen molar-refractivity contribution in [3.63, 3.8) is 0 Å². The van der Waals surface area contributed by atoms with E-state index in [0.29, 0.717) is 12.3 Å². The molecule has 0 saturated carbocycles. The van der Waals surface area contributed by atoms with Crippen LogP contribution in [-0.2, 0) is 11.3 Å². The maximum Gasteiger partial charge on any atom is 0.258 e. The van der Waals surface area contributed by atoms with Crippen LogP contribution in [0.4, 0.5) is 0 Å². The van der Waals surface area contributed by atoms with Gasteiger partial charge in [-0.2, -0.15) is 0 Å². The Kier molecular flexibility index (Phi) is 5.63. The molecule has 1 amide bonds. The molecule has 2 aromatic carbocycles. The highest BCUT2D eigenvalue weighted by molar-refractivity contribution is 9.10. The van der Waals surface area contributed by atoms with E-state index in [0.717, 1.165) is 15.8 Å². The van der Waals surface area contributed by atoms with Gasteiger partial charge in [0.05, 0.1) is 7.11 Å². The van der Waals surface area contributed by atoms with Gasteiger partial charge in [-0.05, 0) is 42.0 Å². The smallest absolute Gasteiger partial charge is 0.258 e. The molecule has 5 heteroatoms. The quantitative estimate of drug-likeness (QED) is 0.871. The van der Waals surface area contributed by atoms with Crippen LogP contribution in [0.1, 0.15) is 5.56 Å². The molecule has 21 heavy (non-hydrogen) atoms. The minimum absolute atomic E-state index is 0.0136. The number of carbonyl (C=O) groups excluding carboxylic acids is 1. The van der Waals surface area contributed by atoms with Gasteiger partial charge in [-0.1, -0.05) is 28.1 Å². The number of hydrogen-bond acceptors (Lipinski definition) is 3. The van der Waals surface area contributed by atoms with Gasteiger partial charge in [0.25, 0.3) is 5.91 Å². The molecule has 0 atom stereocenters. The fourth-order valence-electron chi connectivity index (χ4n) is 1.72. The first-order valence-electron chi connectivity index (χ1n) is 6.45. The predicted octanol–water partition coefficient (Wildman–Crippen LogP) is 3.15. The van der Waals surface area contributed by atoms with Gasteiger partial charge >= 0.3 is 0 Å². The normalized spacial score (nSPS) is 10.0. The van der Waals surface area contributed by atoms with E-state index in [1.165, 1.54) is 0 Å². The van der Waals surface area contributed by atoms with Crippen LogP contribution >= 0.6 is 15.9 Å². The van der Waals surface area contributed by atoms with Crippen molar-refractivity contribution in [2.75, 3.05) is 13.7 Å². The molecule has 2 aromatic rings. The summed E-state index contributed by atoms with van der Waals surface area (Å²) in [5.74, 6) is 1.22. The molecular formula is C16H16BrNO3. The van der Waals surface area contributed by atoms with E-state index in [2.05, 4.69) is 21.2 Å². The van der Waals surface area contributed by atoms with Gasteiger partial charge in [0.15, 0.2) is 6.61 Å². The lowest BCUT2D eigenvalue weighted by atomic mass is 10.2. The highest BCUT2D eigenvalue weighted by Gasteiger charge is 2.03. The first kappa shape index (κ1) is 15.4. The van der Waals surface area contributed by atoms with E-state index in [1.54, 1.807) is 31.4 Å². The number of methoxy groups -OCH3 is 1. The van der Waals surface area contributed by atoms with Crippen molar-refractivity contribution in [2.24, 2.45) is 0 Å². The van der Waals surface area contributed by atoms with Crippen LogP contribution in [-0.4, -0.2) is 19.6 Å². The third-order valence-corrected chi connectivity index (χ3v) is 3.30. The first-order valence-corrected chi connectivity index (χ1v) is 7.24. The second-order valence-corrected chi connectivity index (χ2v) is 5.29. The molecule has 110 valence electrons. The summed E-state index contributed by atoms with van der Waals surface area (Å²) in [6.45, 7) is 0.463. The summed E-state index contributed by atoms with van der Waals surface area (Å²) in [6.07, 6.45) is 0. The molecule has 2 rings (SSSR count). The zero-order valence-electron chi connectivity index (χ0n) is 11.6. The van der Waals surface area contributed by atoms with Gasteiger partial charge in [0, 0.05) is 11.0 Å². The lowest BCUT2D eigenvalue weighted by Gasteiger charge is -2.08. The van der Waals surface area contributed by atoms with Gasteiger partial charge < -0.3 is 14.8 Å². The molecule has 4 nitrogen and oxygen atoms in total. The number of amides is 1. The standard InChI is InChI=1S/C16H16BrNO3/c1-20-14-5-7-15(8-6-14)21-11-16(19)18-10-12-3-2-4-13(17)9-12/h2-9H,10-11H2,1H3,(H,18,19). The Morgan fingerprint density at radius 3 is 2.52 bits per heavy atom. The molecule has 0 heterocycles. The average molecular weight is 350 g/mol. The molecule has 0 aliphatic heterocycles. The molecule has 0 spiro atoms. The van der Waals surface area contributed by atoms with Crippen LogP contribution in [0.15, 0.2) is 53.0 Å². The minimum atomic E-state index is -0.161. The lowest BCUT2D eigenvalue weighted by Crippen LogP contribution is -2.28. The van der Waals surface area contributed by atoms with Crippen LogP contribution in [0.5, 0.6) is 11.5 Å². The highest BCUT2D eigenvalue weighted by atomic mass is 79.9. The Labute approximate surface area is 132 Å². The van der Waals surface area contributed by atoms with Crippen LogP contribution in [0.25, 0.3) is 0 Å². The van der Waals surface area contributed by atoms with Gasteiger partial charge in [0.1, 0.15) is 11.5 Å². The Bertz CT molecular complexity index is 599. The van der Waals surface area contributed by atoms with E-state index in [-0.39, 0.29) is 12.5 Å². The predicted molar refractivity (Wildman–Crippen MR) is 84.5 cm³/mol. The van der Waals surface area contributed by atoms with E-state index < -0.39 is 0 Å². The monoisotopic (exact) mass is 349 g/mol. The molecule has 0 unspecified atom stereocenters. The summed E-state index contributed by atoms with van der Waals surface area (Å²) in [6, 6.07) is 14.9. The van der Waals surface area contributed by atoms with Crippen molar-refractivity contribution in [3.8, 4) is 11.5 Å². The Hall–Kier alpha value is -2.01. The van der Waals surface area contributed by atoms with Gasteiger partial charge in [-0.25, -0.2) is 0 Å². The molecule has 1 N–H and O–H groups in total. The van der Waals surface area contributed by atoms with Crippen molar-refractivity contribution in [3.05, 3.63) is 58.6 Å². The number of benzene rings is 2. The largest absolute Gasteiger partial charge is 0.497 e. The Morgan fingerprint density at radius 2 is 1.86 bits per heavy atom. The summed E-state index contributed by atoms with van der Waals surface area (Å²) in [5.41, 5.74) is 1.03. The maximum absolute atomic E-state index is 11.7. The molecule has 0 bridgehead atoms. The first-order chi connectivity index (χ1) is 10.2. The summed E-state index contributed by atoms with van der Waals surface area (Å²) in [5, 5.41) is 2.81. The summed E-state index contributed by atoms with van der Waals surface area (Å²) < 4.78 is 11.4. The Morgan fingerprint density at radius 1 is 1.14 bits per heavy atom. The van der Waals surface area contributed by atoms with Crippen molar-refractivity contribution < 1.29 is 14.3 Å². The molecule has 0 aliphatic rings. The minimum Gasteiger partial charge on any atom is -0.497 e. The molecular weight excluding hydrogens is 334 g/mol. The fraction of sp³-hybridized carbons (Fsp3) is 0.188. The lowest BCUT2D eigenvalue weighted by molar-refractivity contribution is -0.123. The van der Waals surface area contributed by atoms with Crippen LogP contribution < -0.4 is 14.8 Å².